The van der Waals surface area contributed by atoms with E-state index >= 15 is 0 Å². The Morgan fingerprint density at radius 3 is 2.81 bits per heavy atom. The molecule has 0 saturated heterocycles. The predicted molar refractivity (Wildman–Crippen MR) is 61.3 cm³/mol. The third-order valence-corrected chi connectivity index (χ3v) is 2.38. The van der Waals surface area contributed by atoms with Gasteiger partial charge in [-0.3, -0.25) is 4.79 Å². The van der Waals surface area contributed by atoms with Gasteiger partial charge in [-0.2, -0.15) is 0 Å². The SMILES string of the molecule is COC(=O)C(N)CCc1cccc(OC)c1. The van der Waals surface area contributed by atoms with Crippen LogP contribution in [0.2, 0.25) is 0 Å². The number of hydrogen-bond donors (Lipinski definition) is 1. The minimum atomic E-state index is -0.559. The van der Waals surface area contributed by atoms with Crippen molar-refractivity contribution in [3.8, 4) is 5.75 Å². The van der Waals surface area contributed by atoms with E-state index in [-0.39, 0.29) is 5.97 Å². The molecular formula is C12H17NO3. The molecular weight excluding hydrogens is 206 g/mol. The standard InChI is InChI=1S/C12H17NO3/c1-15-10-5-3-4-9(8-10)6-7-11(13)12(14)16-2/h3-5,8,11H,6-7,13H2,1-2H3. The summed E-state index contributed by atoms with van der Waals surface area (Å²) in [6, 6.07) is 7.15. The summed E-state index contributed by atoms with van der Waals surface area (Å²) in [5, 5.41) is 0. The molecule has 1 aromatic carbocycles. The molecule has 0 heterocycles. The summed E-state index contributed by atoms with van der Waals surface area (Å²) in [5.41, 5.74) is 6.74. The first kappa shape index (κ1) is 12.5. The Kier molecular flexibility index (Phi) is 4.79. The number of hydrogen-bond acceptors (Lipinski definition) is 4. The Balaban J connectivity index is 2.51. The van der Waals surface area contributed by atoms with E-state index in [9.17, 15) is 4.79 Å². The zero-order valence-electron chi connectivity index (χ0n) is 9.60. The van der Waals surface area contributed by atoms with Gasteiger partial charge in [-0.1, -0.05) is 12.1 Å². The first-order chi connectivity index (χ1) is 7.67. The third kappa shape index (κ3) is 3.55. The van der Waals surface area contributed by atoms with Crippen LogP contribution in [0.15, 0.2) is 24.3 Å². The van der Waals surface area contributed by atoms with Crippen molar-refractivity contribution in [2.45, 2.75) is 18.9 Å². The maximum Gasteiger partial charge on any atom is 0.322 e. The number of carbonyl (C=O) groups excluding carboxylic acids is 1. The summed E-state index contributed by atoms with van der Waals surface area (Å²) in [4.78, 5) is 11.1. The van der Waals surface area contributed by atoms with Crippen LogP contribution in [0.5, 0.6) is 5.75 Å². The second-order valence-electron chi connectivity index (χ2n) is 3.52. The first-order valence-corrected chi connectivity index (χ1v) is 5.13. The monoisotopic (exact) mass is 223 g/mol. The van der Waals surface area contributed by atoms with Gasteiger partial charge in [-0.05, 0) is 30.5 Å². The molecule has 0 saturated carbocycles. The highest BCUT2D eigenvalue weighted by molar-refractivity contribution is 5.75. The highest BCUT2D eigenvalue weighted by Gasteiger charge is 2.13. The third-order valence-electron chi connectivity index (χ3n) is 2.38. The van der Waals surface area contributed by atoms with Crippen LogP contribution in [0.1, 0.15) is 12.0 Å². The van der Waals surface area contributed by atoms with Gasteiger partial charge in [0, 0.05) is 0 Å². The highest BCUT2D eigenvalue weighted by atomic mass is 16.5. The molecule has 0 aromatic heterocycles. The molecule has 1 atom stereocenters. The largest absolute Gasteiger partial charge is 0.497 e. The van der Waals surface area contributed by atoms with Gasteiger partial charge in [-0.15, -0.1) is 0 Å². The molecule has 0 aliphatic carbocycles. The summed E-state index contributed by atoms with van der Waals surface area (Å²) in [7, 11) is 2.97. The molecule has 4 nitrogen and oxygen atoms in total. The minimum absolute atomic E-state index is 0.372. The van der Waals surface area contributed by atoms with Crippen molar-refractivity contribution in [2.75, 3.05) is 14.2 Å². The van der Waals surface area contributed by atoms with E-state index in [0.29, 0.717) is 6.42 Å². The maximum absolute atomic E-state index is 11.1. The predicted octanol–water partition coefficient (Wildman–Crippen LogP) is 1.13. The van der Waals surface area contributed by atoms with Crippen molar-refractivity contribution in [1.29, 1.82) is 0 Å². The Hall–Kier alpha value is -1.55. The molecule has 2 N–H and O–H groups in total. The van der Waals surface area contributed by atoms with Crippen molar-refractivity contribution in [1.82, 2.24) is 0 Å². The molecule has 16 heavy (non-hydrogen) atoms. The number of carbonyl (C=O) groups is 1. The summed E-state index contributed by atoms with van der Waals surface area (Å²) in [6.07, 6.45) is 1.30. The lowest BCUT2D eigenvalue weighted by Crippen LogP contribution is -2.31. The molecule has 1 rings (SSSR count). The smallest absolute Gasteiger partial charge is 0.322 e. The van der Waals surface area contributed by atoms with Crippen LogP contribution >= 0.6 is 0 Å². The summed E-state index contributed by atoms with van der Waals surface area (Å²) >= 11 is 0. The van der Waals surface area contributed by atoms with Gasteiger partial charge in [0.15, 0.2) is 0 Å². The number of ether oxygens (including phenoxy) is 2. The molecule has 0 spiro atoms. The lowest BCUT2D eigenvalue weighted by atomic mass is 10.1. The normalized spacial score (nSPS) is 11.9. The summed E-state index contributed by atoms with van der Waals surface area (Å²) in [6.45, 7) is 0. The van der Waals surface area contributed by atoms with E-state index in [0.717, 1.165) is 17.7 Å². The van der Waals surface area contributed by atoms with E-state index in [4.69, 9.17) is 10.5 Å². The Bertz CT molecular complexity index is 352. The number of nitrogens with two attached hydrogens (primary N) is 1. The van der Waals surface area contributed by atoms with Gasteiger partial charge in [0.25, 0.3) is 0 Å². The number of methoxy groups -OCH3 is 2. The Labute approximate surface area is 95.3 Å². The van der Waals surface area contributed by atoms with Crippen molar-refractivity contribution in [3.05, 3.63) is 29.8 Å². The number of rotatable bonds is 5. The Morgan fingerprint density at radius 1 is 1.44 bits per heavy atom. The van der Waals surface area contributed by atoms with Crippen LogP contribution in [0, 0.1) is 0 Å². The first-order valence-electron chi connectivity index (χ1n) is 5.13. The number of esters is 1. The average molecular weight is 223 g/mol. The van der Waals surface area contributed by atoms with E-state index in [1.54, 1.807) is 7.11 Å². The molecule has 0 bridgehead atoms. The van der Waals surface area contributed by atoms with Crippen LogP contribution in [0.25, 0.3) is 0 Å². The molecule has 0 aliphatic heterocycles. The van der Waals surface area contributed by atoms with Crippen molar-refractivity contribution in [3.63, 3.8) is 0 Å². The van der Waals surface area contributed by atoms with Crippen molar-refractivity contribution in [2.24, 2.45) is 5.73 Å². The second-order valence-corrected chi connectivity index (χ2v) is 3.52. The van der Waals surface area contributed by atoms with Gasteiger partial charge >= 0.3 is 5.97 Å². The fourth-order valence-electron chi connectivity index (χ4n) is 1.42. The summed E-state index contributed by atoms with van der Waals surface area (Å²) in [5.74, 6) is 0.437. The second kappa shape index (κ2) is 6.12. The van der Waals surface area contributed by atoms with E-state index < -0.39 is 6.04 Å². The lowest BCUT2D eigenvalue weighted by molar-refractivity contribution is -0.142. The fraction of sp³-hybridized carbons (Fsp3) is 0.417. The van der Waals surface area contributed by atoms with Crippen molar-refractivity contribution < 1.29 is 14.3 Å². The topological polar surface area (TPSA) is 61.5 Å². The molecule has 4 heteroatoms. The van der Waals surface area contributed by atoms with Crippen LogP contribution in [-0.2, 0) is 16.0 Å². The quantitative estimate of drug-likeness (QED) is 0.760. The van der Waals surface area contributed by atoms with Crippen LogP contribution in [0.3, 0.4) is 0 Å². The zero-order valence-corrected chi connectivity index (χ0v) is 9.60. The molecule has 0 fully saturated rings. The molecule has 1 unspecified atom stereocenters. The van der Waals surface area contributed by atoms with Gasteiger partial charge in [0.05, 0.1) is 14.2 Å². The molecule has 0 amide bonds. The van der Waals surface area contributed by atoms with Crippen molar-refractivity contribution >= 4 is 5.97 Å². The molecule has 1 aromatic rings. The number of aryl methyl sites for hydroxylation is 1. The molecule has 0 radical (unpaired) electrons. The molecule has 88 valence electrons. The molecule has 0 aliphatic rings. The highest BCUT2D eigenvalue weighted by Crippen LogP contribution is 2.14. The van der Waals surface area contributed by atoms with Gasteiger partial charge < -0.3 is 15.2 Å². The average Bonchev–Trinajstić information content (AvgIpc) is 2.35. The zero-order chi connectivity index (χ0) is 12.0. The maximum atomic E-state index is 11.1. The Morgan fingerprint density at radius 2 is 2.19 bits per heavy atom. The van der Waals surface area contributed by atoms with Gasteiger partial charge in [0.1, 0.15) is 11.8 Å². The fourth-order valence-corrected chi connectivity index (χ4v) is 1.42. The van der Waals surface area contributed by atoms with E-state index in [2.05, 4.69) is 4.74 Å². The van der Waals surface area contributed by atoms with Crippen LogP contribution in [-0.4, -0.2) is 26.2 Å². The van der Waals surface area contributed by atoms with Gasteiger partial charge in [0.2, 0.25) is 0 Å². The summed E-state index contributed by atoms with van der Waals surface area (Å²) < 4.78 is 9.66. The minimum Gasteiger partial charge on any atom is -0.497 e. The lowest BCUT2D eigenvalue weighted by Gasteiger charge is -2.09. The van der Waals surface area contributed by atoms with Crippen LogP contribution in [0.4, 0.5) is 0 Å². The number of benzene rings is 1. The van der Waals surface area contributed by atoms with Gasteiger partial charge in [-0.25, -0.2) is 0 Å². The van der Waals surface area contributed by atoms with E-state index in [1.165, 1.54) is 7.11 Å². The van der Waals surface area contributed by atoms with E-state index in [1.807, 2.05) is 24.3 Å². The van der Waals surface area contributed by atoms with Crippen LogP contribution < -0.4 is 10.5 Å².